The number of rotatable bonds is 16. The van der Waals surface area contributed by atoms with Gasteiger partial charge in [0, 0.05) is 16.9 Å². The second kappa shape index (κ2) is 23.0. The Morgan fingerprint density at radius 3 is 1.92 bits per heavy atom. The van der Waals surface area contributed by atoms with E-state index < -0.39 is 0 Å². The van der Waals surface area contributed by atoms with Crippen LogP contribution in [0, 0.1) is 5.92 Å². The number of aromatic nitrogens is 2. The van der Waals surface area contributed by atoms with Crippen LogP contribution in [0.3, 0.4) is 0 Å². The normalized spacial score (nSPS) is 11.1. The molecule has 0 unspecified atom stereocenters. The van der Waals surface area contributed by atoms with Gasteiger partial charge in [-0.25, -0.2) is 0 Å². The molecular weight excluding hydrogens is 484 g/mol. The lowest BCUT2D eigenvalue weighted by atomic mass is 9.98. The molecule has 0 aliphatic carbocycles. The molecule has 2 rings (SSSR count). The number of hydrogen-bond acceptors (Lipinski definition) is 3. The minimum atomic E-state index is 0.430. The van der Waals surface area contributed by atoms with Crippen molar-refractivity contribution >= 4 is 23.9 Å². The lowest BCUT2D eigenvalue weighted by Gasteiger charge is -2.18. The lowest BCUT2D eigenvalue weighted by molar-refractivity contribution is 0.389. The van der Waals surface area contributed by atoms with E-state index in [1.165, 1.54) is 30.6 Å². The number of thioether (sulfide) groups is 1. The van der Waals surface area contributed by atoms with Crippen LogP contribution in [-0.2, 0) is 0 Å². The Balaban J connectivity index is 0.00000117. The molecule has 0 aliphatic rings. The zero-order valence-corrected chi connectivity index (χ0v) is 27.0. The summed E-state index contributed by atoms with van der Waals surface area (Å²) >= 11 is 1.74. The first-order chi connectivity index (χ1) is 18.5. The average Bonchev–Trinajstić information content (AvgIpc) is 3.35. The van der Waals surface area contributed by atoms with Crippen LogP contribution in [0.2, 0.25) is 0 Å². The van der Waals surface area contributed by atoms with Gasteiger partial charge in [-0.15, -0.1) is 11.8 Å². The Bertz CT molecular complexity index is 859. The Labute approximate surface area is 240 Å². The van der Waals surface area contributed by atoms with Crippen LogP contribution >= 0.6 is 11.8 Å². The van der Waals surface area contributed by atoms with Crippen LogP contribution < -0.4 is 4.74 Å². The summed E-state index contributed by atoms with van der Waals surface area (Å²) in [5, 5.41) is 4.71. The van der Waals surface area contributed by atoms with Crippen LogP contribution in [0.1, 0.15) is 137 Å². The standard InChI is InChI=1S/C24H34N2OS.C8H18.C2H6/c1-6-10-20(11-7-2)26-24(9-4)19(18-25-26)17-22(12-8-3)27-21-13-15-23(28-5)16-14-21;1-4-7-8(5-2)6-3;1-2/h9,13-18,20H,4,6-8,10-12H2,1-3,5H3;8H,4-7H2,1-3H3;1-2H3/b22-17+;;. The molecule has 2 aromatic rings. The Kier molecular flexibility index (Phi) is 21.8. The summed E-state index contributed by atoms with van der Waals surface area (Å²) in [5.41, 5.74) is 2.17. The van der Waals surface area contributed by atoms with Crippen molar-refractivity contribution in [1.29, 1.82) is 0 Å². The van der Waals surface area contributed by atoms with Gasteiger partial charge in [0.05, 0.1) is 17.9 Å². The molecule has 0 atom stereocenters. The highest BCUT2D eigenvalue weighted by Crippen LogP contribution is 2.27. The molecule has 38 heavy (non-hydrogen) atoms. The number of hydrogen-bond donors (Lipinski definition) is 0. The maximum absolute atomic E-state index is 6.20. The number of ether oxygens (including phenoxy) is 1. The van der Waals surface area contributed by atoms with Gasteiger partial charge in [0.25, 0.3) is 0 Å². The summed E-state index contributed by atoms with van der Waals surface area (Å²) in [4.78, 5) is 1.24. The van der Waals surface area contributed by atoms with Crippen molar-refractivity contribution in [2.45, 2.75) is 131 Å². The SMILES string of the molecule is C=Cc1c(/C=C(\CCC)Oc2ccc(SC)cc2)cnn1C(CCC)CCC.CC.CCCC(CC)CC. The first-order valence-electron chi connectivity index (χ1n) is 15.2. The molecule has 0 spiro atoms. The predicted octanol–water partition coefficient (Wildman–Crippen LogP) is 11.9. The minimum Gasteiger partial charge on any atom is -0.462 e. The maximum Gasteiger partial charge on any atom is 0.127 e. The summed E-state index contributed by atoms with van der Waals surface area (Å²) in [6.45, 7) is 21.5. The van der Waals surface area contributed by atoms with Crippen molar-refractivity contribution in [3.05, 3.63) is 54.1 Å². The molecule has 1 aromatic heterocycles. The van der Waals surface area contributed by atoms with Crippen LogP contribution in [0.15, 0.2) is 47.7 Å². The van der Waals surface area contributed by atoms with Crippen LogP contribution in [0.4, 0.5) is 0 Å². The molecule has 4 heteroatoms. The van der Waals surface area contributed by atoms with Gasteiger partial charge >= 0.3 is 0 Å². The van der Waals surface area contributed by atoms with E-state index in [9.17, 15) is 0 Å². The fraction of sp³-hybridized carbons (Fsp3) is 0.618. The van der Waals surface area contributed by atoms with E-state index in [1.54, 1.807) is 11.8 Å². The van der Waals surface area contributed by atoms with Crippen molar-refractivity contribution < 1.29 is 4.74 Å². The quantitative estimate of drug-likeness (QED) is 0.156. The molecule has 0 saturated heterocycles. The molecule has 1 aromatic carbocycles. The van der Waals surface area contributed by atoms with Gasteiger partial charge in [-0.1, -0.05) is 100 Å². The Morgan fingerprint density at radius 2 is 1.50 bits per heavy atom. The fourth-order valence-electron chi connectivity index (χ4n) is 4.53. The van der Waals surface area contributed by atoms with Gasteiger partial charge in [0.1, 0.15) is 11.5 Å². The molecule has 1 heterocycles. The second-order valence-corrected chi connectivity index (χ2v) is 10.4. The van der Waals surface area contributed by atoms with Gasteiger partial charge in [-0.2, -0.15) is 5.10 Å². The van der Waals surface area contributed by atoms with Gasteiger partial charge in [-0.05, 0) is 67.9 Å². The lowest BCUT2D eigenvalue weighted by Crippen LogP contribution is -2.12. The molecule has 216 valence electrons. The van der Waals surface area contributed by atoms with Crippen LogP contribution in [-0.4, -0.2) is 16.0 Å². The third-order valence-corrected chi connectivity index (χ3v) is 7.36. The average molecular weight is 543 g/mol. The number of nitrogens with zero attached hydrogens (tertiary/aromatic N) is 2. The van der Waals surface area contributed by atoms with E-state index in [2.05, 4.69) is 77.3 Å². The maximum atomic E-state index is 6.20. The Morgan fingerprint density at radius 1 is 0.921 bits per heavy atom. The summed E-state index contributed by atoms with van der Waals surface area (Å²) in [6, 6.07) is 8.69. The van der Waals surface area contributed by atoms with Crippen molar-refractivity contribution in [1.82, 2.24) is 9.78 Å². The second-order valence-electron chi connectivity index (χ2n) is 9.47. The molecule has 0 radical (unpaired) electrons. The highest BCUT2D eigenvalue weighted by molar-refractivity contribution is 7.98. The Hall–Kier alpha value is -1.94. The van der Waals surface area contributed by atoms with Gasteiger partial charge in [0.15, 0.2) is 0 Å². The van der Waals surface area contributed by atoms with Crippen molar-refractivity contribution in [2.75, 3.05) is 6.26 Å². The first kappa shape index (κ1) is 36.1. The fourth-order valence-corrected chi connectivity index (χ4v) is 4.93. The number of allylic oxidation sites excluding steroid dienone is 1. The molecule has 3 nitrogen and oxygen atoms in total. The topological polar surface area (TPSA) is 27.1 Å². The molecule has 0 saturated carbocycles. The van der Waals surface area contributed by atoms with E-state index >= 15 is 0 Å². The number of benzene rings is 1. The van der Waals surface area contributed by atoms with E-state index in [0.29, 0.717) is 6.04 Å². The van der Waals surface area contributed by atoms with Gasteiger partial charge < -0.3 is 4.74 Å². The van der Waals surface area contributed by atoms with Crippen molar-refractivity contribution in [2.24, 2.45) is 5.92 Å². The highest BCUT2D eigenvalue weighted by atomic mass is 32.2. The smallest absolute Gasteiger partial charge is 0.127 e. The molecule has 0 N–H and O–H groups in total. The van der Waals surface area contributed by atoms with Gasteiger partial charge in [-0.3, -0.25) is 4.68 Å². The first-order valence-corrected chi connectivity index (χ1v) is 16.5. The molecule has 0 amide bonds. The molecular formula is C34H58N2OS. The van der Waals surface area contributed by atoms with Gasteiger partial charge in [0.2, 0.25) is 0 Å². The highest BCUT2D eigenvalue weighted by Gasteiger charge is 2.16. The van der Waals surface area contributed by atoms with Crippen LogP contribution in [0.25, 0.3) is 12.2 Å². The predicted molar refractivity (Wildman–Crippen MR) is 173 cm³/mol. The van der Waals surface area contributed by atoms with Crippen molar-refractivity contribution in [3.8, 4) is 5.75 Å². The summed E-state index contributed by atoms with van der Waals surface area (Å²) in [6.07, 6.45) is 20.1. The minimum absolute atomic E-state index is 0.430. The summed E-state index contributed by atoms with van der Waals surface area (Å²) in [5.74, 6) is 2.84. The largest absolute Gasteiger partial charge is 0.462 e. The van der Waals surface area contributed by atoms with Crippen molar-refractivity contribution in [3.63, 3.8) is 0 Å². The third-order valence-electron chi connectivity index (χ3n) is 6.62. The summed E-state index contributed by atoms with van der Waals surface area (Å²) in [7, 11) is 0. The molecule has 0 fully saturated rings. The van der Waals surface area contributed by atoms with Crippen LogP contribution in [0.5, 0.6) is 5.75 Å². The molecule has 0 bridgehead atoms. The van der Waals surface area contributed by atoms with E-state index in [4.69, 9.17) is 9.84 Å². The van der Waals surface area contributed by atoms with E-state index in [-0.39, 0.29) is 0 Å². The zero-order valence-electron chi connectivity index (χ0n) is 26.2. The van der Waals surface area contributed by atoms with E-state index in [1.807, 2.05) is 38.3 Å². The molecule has 0 aliphatic heterocycles. The van der Waals surface area contributed by atoms with E-state index in [0.717, 1.165) is 67.2 Å². The zero-order chi connectivity index (χ0) is 28.8. The third kappa shape index (κ3) is 13.2. The summed E-state index contributed by atoms with van der Waals surface area (Å²) < 4.78 is 8.36. The monoisotopic (exact) mass is 542 g/mol.